The van der Waals surface area contributed by atoms with Gasteiger partial charge in [0.05, 0.1) is 11.1 Å². The van der Waals surface area contributed by atoms with Crippen LogP contribution in [0, 0.1) is 0 Å². The van der Waals surface area contributed by atoms with Crippen LogP contribution in [0.4, 0.5) is 0 Å². The van der Waals surface area contributed by atoms with Gasteiger partial charge in [0.1, 0.15) is 5.60 Å². The largest absolute Gasteiger partial charge is 0.466 e. The summed E-state index contributed by atoms with van der Waals surface area (Å²) in [4.78, 5) is 22.2. The Labute approximate surface area is 102 Å². The second-order valence-electron chi connectivity index (χ2n) is 3.49. The highest BCUT2D eigenvalue weighted by atomic mass is 79.9. The molecule has 1 N–H and O–H groups in total. The van der Waals surface area contributed by atoms with Gasteiger partial charge in [-0.25, -0.2) is 0 Å². The third-order valence-corrected chi connectivity index (χ3v) is 2.79. The van der Waals surface area contributed by atoms with Gasteiger partial charge in [0.15, 0.2) is 5.78 Å². The molecule has 88 valence electrons. The zero-order chi connectivity index (χ0) is 12.2. The van der Waals surface area contributed by atoms with Gasteiger partial charge in [-0.05, 0) is 47.5 Å². The first-order chi connectivity index (χ1) is 7.47. The Hall–Kier alpha value is -0.940. The van der Waals surface area contributed by atoms with Crippen LogP contribution in [-0.4, -0.2) is 29.1 Å². The molecule has 1 rings (SSSR count). The molecule has 1 aliphatic carbocycles. The summed E-state index contributed by atoms with van der Waals surface area (Å²) in [6.45, 7) is 2.05. The summed E-state index contributed by atoms with van der Waals surface area (Å²) in [5.74, 6) is -0.549. The predicted octanol–water partition coefficient (Wildman–Crippen LogP) is 1.48. The molecule has 0 saturated carbocycles. The van der Waals surface area contributed by atoms with Gasteiger partial charge in [0.2, 0.25) is 0 Å². The van der Waals surface area contributed by atoms with Crippen LogP contribution in [0.15, 0.2) is 22.7 Å². The van der Waals surface area contributed by atoms with Crippen molar-refractivity contribution in [2.75, 3.05) is 6.61 Å². The lowest BCUT2D eigenvalue weighted by Gasteiger charge is -2.23. The molecule has 0 aromatic rings. The molecule has 0 aliphatic heterocycles. The maximum Gasteiger partial charge on any atom is 0.305 e. The molecule has 0 heterocycles. The van der Waals surface area contributed by atoms with Gasteiger partial charge in [0.25, 0.3) is 0 Å². The van der Waals surface area contributed by atoms with E-state index in [-0.39, 0.29) is 24.6 Å². The Morgan fingerprint density at radius 2 is 2.31 bits per heavy atom. The number of ether oxygens (including phenoxy) is 1. The standard InChI is InChI=1S/C11H13BrO4/c1-2-16-10(14)4-6-11(15)5-3-9(13)8(12)7-11/h3,5,7,15H,2,4,6H2,1H3/t11-/m0/s1. The fraction of sp³-hybridized carbons (Fsp3) is 0.455. The predicted molar refractivity (Wildman–Crippen MR) is 62.0 cm³/mol. The maximum absolute atomic E-state index is 11.1. The molecule has 16 heavy (non-hydrogen) atoms. The molecule has 1 aliphatic rings. The quantitative estimate of drug-likeness (QED) is 0.796. The van der Waals surface area contributed by atoms with Crippen molar-refractivity contribution in [3.8, 4) is 0 Å². The first-order valence-corrected chi connectivity index (χ1v) is 5.76. The van der Waals surface area contributed by atoms with Crippen LogP contribution >= 0.6 is 15.9 Å². The van der Waals surface area contributed by atoms with Crippen LogP contribution in [0.1, 0.15) is 19.8 Å². The number of hydrogen-bond acceptors (Lipinski definition) is 4. The van der Waals surface area contributed by atoms with E-state index in [1.54, 1.807) is 6.92 Å². The molecule has 4 nitrogen and oxygen atoms in total. The number of allylic oxidation sites excluding steroid dienone is 2. The molecule has 0 unspecified atom stereocenters. The third-order valence-electron chi connectivity index (χ3n) is 2.17. The van der Waals surface area contributed by atoms with E-state index in [4.69, 9.17) is 4.74 Å². The minimum atomic E-state index is -1.25. The van der Waals surface area contributed by atoms with Crippen molar-refractivity contribution in [2.45, 2.75) is 25.4 Å². The average Bonchev–Trinajstić information content (AvgIpc) is 2.22. The van der Waals surface area contributed by atoms with E-state index in [0.717, 1.165) is 0 Å². The van der Waals surface area contributed by atoms with Crippen LogP contribution in [0.2, 0.25) is 0 Å². The van der Waals surface area contributed by atoms with Crippen molar-refractivity contribution in [3.63, 3.8) is 0 Å². The Morgan fingerprint density at radius 1 is 1.62 bits per heavy atom. The van der Waals surface area contributed by atoms with E-state index < -0.39 is 5.60 Å². The average molecular weight is 289 g/mol. The molecular formula is C11H13BrO4. The molecule has 0 bridgehead atoms. The van der Waals surface area contributed by atoms with Crippen molar-refractivity contribution in [2.24, 2.45) is 0 Å². The first-order valence-electron chi connectivity index (χ1n) is 4.97. The van der Waals surface area contributed by atoms with Crippen molar-refractivity contribution in [1.29, 1.82) is 0 Å². The van der Waals surface area contributed by atoms with Gasteiger partial charge in [-0.3, -0.25) is 9.59 Å². The van der Waals surface area contributed by atoms with E-state index >= 15 is 0 Å². The smallest absolute Gasteiger partial charge is 0.305 e. The van der Waals surface area contributed by atoms with E-state index in [1.165, 1.54) is 18.2 Å². The molecule has 0 saturated heterocycles. The number of esters is 1. The van der Waals surface area contributed by atoms with Crippen LogP contribution in [0.5, 0.6) is 0 Å². The second kappa shape index (κ2) is 5.41. The van der Waals surface area contributed by atoms with E-state index in [9.17, 15) is 14.7 Å². The topological polar surface area (TPSA) is 63.6 Å². The molecule has 0 aromatic carbocycles. The highest BCUT2D eigenvalue weighted by Gasteiger charge is 2.27. The van der Waals surface area contributed by atoms with Gasteiger partial charge in [-0.15, -0.1) is 0 Å². The van der Waals surface area contributed by atoms with Crippen molar-refractivity contribution in [3.05, 3.63) is 22.7 Å². The van der Waals surface area contributed by atoms with E-state index in [1.807, 2.05) is 0 Å². The summed E-state index contributed by atoms with van der Waals surface area (Å²) >= 11 is 3.05. The molecule has 0 spiro atoms. The van der Waals surface area contributed by atoms with E-state index in [0.29, 0.717) is 11.1 Å². The number of aliphatic hydroxyl groups is 1. The minimum absolute atomic E-state index is 0.111. The van der Waals surface area contributed by atoms with Crippen LogP contribution < -0.4 is 0 Å². The van der Waals surface area contributed by atoms with Crippen molar-refractivity contribution >= 4 is 27.7 Å². The number of carbonyl (C=O) groups excluding carboxylic acids is 2. The molecule has 0 aromatic heterocycles. The number of rotatable bonds is 4. The number of halogens is 1. The minimum Gasteiger partial charge on any atom is -0.466 e. The fourth-order valence-corrected chi connectivity index (χ4v) is 1.86. The zero-order valence-electron chi connectivity index (χ0n) is 8.90. The Kier molecular flexibility index (Phi) is 4.44. The lowest BCUT2D eigenvalue weighted by atomic mass is 9.92. The molecule has 0 fully saturated rings. The second-order valence-corrected chi connectivity index (χ2v) is 4.34. The van der Waals surface area contributed by atoms with Crippen LogP contribution in [0.3, 0.4) is 0 Å². The molecule has 5 heteroatoms. The summed E-state index contributed by atoms with van der Waals surface area (Å²) in [6.07, 6.45) is 4.38. The lowest BCUT2D eigenvalue weighted by molar-refractivity contribution is -0.143. The fourth-order valence-electron chi connectivity index (χ4n) is 1.33. The van der Waals surface area contributed by atoms with Crippen LogP contribution in [0.25, 0.3) is 0 Å². The van der Waals surface area contributed by atoms with Gasteiger partial charge in [-0.2, -0.15) is 0 Å². The van der Waals surface area contributed by atoms with Crippen molar-refractivity contribution in [1.82, 2.24) is 0 Å². The van der Waals surface area contributed by atoms with Crippen LogP contribution in [-0.2, 0) is 14.3 Å². The normalized spacial score (nSPS) is 24.2. The maximum atomic E-state index is 11.1. The van der Waals surface area contributed by atoms with Gasteiger partial charge in [-0.1, -0.05) is 0 Å². The number of hydrogen-bond donors (Lipinski definition) is 1. The third kappa shape index (κ3) is 3.57. The SMILES string of the molecule is CCOC(=O)CC[C@@]1(O)C=CC(=O)C(Br)=C1. The van der Waals surface area contributed by atoms with Crippen molar-refractivity contribution < 1.29 is 19.4 Å². The summed E-state index contributed by atoms with van der Waals surface area (Å²) in [6, 6.07) is 0. The van der Waals surface area contributed by atoms with Gasteiger partial charge in [0, 0.05) is 6.42 Å². The van der Waals surface area contributed by atoms with Gasteiger partial charge >= 0.3 is 5.97 Å². The van der Waals surface area contributed by atoms with E-state index in [2.05, 4.69) is 15.9 Å². The lowest BCUT2D eigenvalue weighted by Crippen LogP contribution is -2.28. The molecule has 0 radical (unpaired) electrons. The molecule has 0 amide bonds. The Balaban J connectivity index is 2.57. The molecule has 1 atom stereocenters. The summed E-state index contributed by atoms with van der Waals surface area (Å²) in [5, 5.41) is 10.0. The molecular weight excluding hydrogens is 276 g/mol. The Morgan fingerprint density at radius 3 is 2.88 bits per heavy atom. The summed E-state index contributed by atoms with van der Waals surface area (Å²) in [7, 11) is 0. The highest BCUT2D eigenvalue weighted by Crippen LogP contribution is 2.26. The zero-order valence-corrected chi connectivity index (χ0v) is 10.5. The summed E-state index contributed by atoms with van der Waals surface area (Å²) < 4.78 is 5.06. The Bertz CT molecular complexity index is 359. The summed E-state index contributed by atoms with van der Waals surface area (Å²) in [5.41, 5.74) is -1.25. The first kappa shape index (κ1) is 13.1. The monoisotopic (exact) mass is 288 g/mol. The number of carbonyl (C=O) groups is 2. The number of ketones is 1. The highest BCUT2D eigenvalue weighted by molar-refractivity contribution is 9.12. The van der Waals surface area contributed by atoms with Gasteiger partial charge < -0.3 is 9.84 Å².